The summed E-state index contributed by atoms with van der Waals surface area (Å²) in [5.74, 6) is -3.21. The van der Waals surface area contributed by atoms with Crippen LogP contribution < -0.4 is 10.6 Å². The van der Waals surface area contributed by atoms with E-state index < -0.39 is 88.9 Å². The van der Waals surface area contributed by atoms with Crippen molar-refractivity contribution in [3.8, 4) is 17.2 Å². The third-order valence-electron chi connectivity index (χ3n) is 31.8. The van der Waals surface area contributed by atoms with Gasteiger partial charge in [-0.05, 0) is 326 Å². The van der Waals surface area contributed by atoms with E-state index in [1.54, 1.807) is 26.8 Å². The Balaban J connectivity index is 0.000000288. The molecule has 6 aliphatic heterocycles. The fourth-order valence-electron chi connectivity index (χ4n) is 24.0. The summed E-state index contributed by atoms with van der Waals surface area (Å²) in [7, 11) is 4.31. The first kappa shape index (κ1) is 120. The summed E-state index contributed by atoms with van der Waals surface area (Å²) in [6.07, 6.45) is 6.08. The smallest absolute Gasteiger partial charge is 0.332 e. The van der Waals surface area contributed by atoms with Crippen molar-refractivity contribution in [3.63, 3.8) is 0 Å². The molecule has 6 saturated heterocycles. The summed E-state index contributed by atoms with van der Waals surface area (Å²) in [6.45, 7) is 88.3. The Bertz CT molecular complexity index is 4660. The van der Waals surface area contributed by atoms with E-state index in [2.05, 4.69) is 231 Å². The molecule has 0 bridgehead atoms. The second-order valence-electron chi connectivity index (χ2n) is 54.9. The number of likely N-dealkylation sites (tertiary alicyclic amines) is 4. The molecule has 9 rings (SSSR count). The van der Waals surface area contributed by atoms with Crippen LogP contribution in [0.25, 0.3) is 0 Å². The lowest BCUT2D eigenvalue weighted by atomic mass is 9.75. The van der Waals surface area contributed by atoms with Crippen molar-refractivity contribution in [3.05, 3.63) is 99.1 Å². The van der Waals surface area contributed by atoms with Crippen LogP contribution in [0.1, 0.15) is 404 Å². The lowest BCUT2D eigenvalue weighted by molar-refractivity contribution is -0.188. The molecule has 25 heteroatoms. The van der Waals surface area contributed by atoms with E-state index in [0.717, 1.165) is 22.3 Å². The van der Waals surface area contributed by atoms with Gasteiger partial charge in [0, 0.05) is 144 Å². The molecule has 0 unspecified atom stereocenters. The van der Waals surface area contributed by atoms with Gasteiger partial charge in [0.2, 0.25) is 0 Å². The molecule has 0 amide bonds. The van der Waals surface area contributed by atoms with E-state index in [9.17, 15) is 39.1 Å². The molecule has 140 heavy (non-hydrogen) atoms. The van der Waals surface area contributed by atoms with Gasteiger partial charge in [0.05, 0.1) is 19.4 Å². The number of piperidine rings is 6. The molecule has 6 aliphatic rings. The number of nitrogens with zero attached hydrogens (tertiary/aromatic N) is 4. The summed E-state index contributed by atoms with van der Waals surface area (Å²) >= 11 is 0. The molecule has 3 aromatic carbocycles. The van der Waals surface area contributed by atoms with Gasteiger partial charge in [-0.25, -0.2) is 0 Å². The standard InChI is InChI=1S/C43H75N2O8P.C36H60N2O5.C36H58N2O5/c1-19-50-54(49,51-20-2)28-43(35(47)52-30-24-39(9,10)44(17)40(11,12)25-30,36(48)53-31-26-41(13,14)45(18)42(15,16)27-31)23-29-21-32(37(3,4)5)34(46)33(22-29)38(6,7)8;1-23-16-24(17-27(28(23)39)31(2,3)4)18-36(13,29(40)42-25-19-32(5,6)37(14)33(7,8)20-25)30(41)43-26-21-34(9,10)38(15)35(11,12)22-26;1-14-15-36(18-24-16-23(2)28(39)27(17-24)31(3,4)5,29(40)42-25-19-32(6,7)37-33(8,9)20-25)30(41)43-26-21-34(10,11)38-35(12,13)22-26/h21-22,30-31,46H,19-20,23-28H2,1-18H3;16-17,25-26,39H,18-22H2,1-15H3;14,16-17,25-26,37-39H,1,15,18-22H2,2-13H3. The van der Waals surface area contributed by atoms with E-state index >= 15 is 9.59 Å². The largest absolute Gasteiger partial charge is 0.507 e. The highest BCUT2D eigenvalue weighted by Crippen LogP contribution is 2.57. The zero-order chi connectivity index (χ0) is 108. The summed E-state index contributed by atoms with van der Waals surface area (Å²) in [4.78, 5) is 97.4. The number of aromatic hydroxyl groups is 3. The van der Waals surface area contributed by atoms with Gasteiger partial charge in [0.15, 0.2) is 16.2 Å². The molecule has 5 N–H and O–H groups in total. The summed E-state index contributed by atoms with van der Waals surface area (Å²) in [5.41, 5.74) is -3.35. The Morgan fingerprint density at radius 2 is 0.557 bits per heavy atom. The highest BCUT2D eigenvalue weighted by molar-refractivity contribution is 7.54. The molecule has 6 fully saturated rings. The molecule has 0 aliphatic carbocycles. The Labute approximate surface area is 846 Å². The minimum absolute atomic E-state index is 0.0493. The van der Waals surface area contributed by atoms with Gasteiger partial charge in [-0.2, -0.15) is 0 Å². The van der Waals surface area contributed by atoms with Gasteiger partial charge >= 0.3 is 43.4 Å². The first-order chi connectivity index (χ1) is 62.9. The number of benzene rings is 3. The number of allylic oxidation sites excluding steroid dienone is 1. The van der Waals surface area contributed by atoms with Crippen molar-refractivity contribution in [1.29, 1.82) is 0 Å². The van der Waals surface area contributed by atoms with Crippen LogP contribution in [0, 0.1) is 30.1 Å². The zero-order valence-electron chi connectivity index (χ0n) is 95.8. The highest BCUT2D eigenvalue weighted by Gasteiger charge is 2.60. The number of rotatable bonds is 26. The molecule has 0 radical (unpaired) electrons. The van der Waals surface area contributed by atoms with E-state index in [1.807, 2.05) is 133 Å². The monoisotopic (exact) mass is 1980 g/mol. The third-order valence-corrected chi connectivity index (χ3v) is 34.0. The lowest BCUT2D eigenvalue weighted by Gasteiger charge is -2.53. The molecule has 0 atom stereocenters. The van der Waals surface area contributed by atoms with Gasteiger partial charge < -0.3 is 63.4 Å². The van der Waals surface area contributed by atoms with Gasteiger partial charge in [0.25, 0.3) is 0 Å². The number of hydrogen-bond acceptors (Lipinski definition) is 24. The number of carbonyl (C=O) groups is 6. The van der Waals surface area contributed by atoms with Crippen LogP contribution in [0.15, 0.2) is 49.1 Å². The normalized spacial score (nSPS) is 22.2. The minimum Gasteiger partial charge on any atom is -0.507 e. The Morgan fingerprint density at radius 3 is 0.793 bits per heavy atom. The van der Waals surface area contributed by atoms with Crippen LogP contribution in [-0.4, -0.2) is 221 Å². The predicted molar refractivity (Wildman–Crippen MR) is 564 cm³/mol. The number of aryl methyl sites for hydroxylation is 2. The van der Waals surface area contributed by atoms with Crippen molar-refractivity contribution in [2.45, 2.75) is 511 Å². The van der Waals surface area contributed by atoms with E-state index in [0.29, 0.717) is 105 Å². The minimum atomic E-state index is -4.08. The molecular formula is C115H193N6O18P. The molecule has 796 valence electrons. The van der Waals surface area contributed by atoms with Crippen LogP contribution in [0.5, 0.6) is 17.2 Å². The number of nitrogens with one attached hydrogen (secondary N) is 2. The third kappa shape index (κ3) is 28.9. The van der Waals surface area contributed by atoms with E-state index in [1.165, 1.54) is 0 Å². The SMILES string of the molecule is C=CCC(Cc1cc(C)c(O)c(C(C)(C)C)c1)(C(=O)OC1CC(C)(C)NC(C)(C)C1)C(=O)OC1CC(C)(C)NC(C)(C)C1.CCOP(=O)(CC(Cc1cc(C(C)(C)C)c(O)c(C(C)(C)C)c1)(C(=O)OC1CC(C)(C)N(C)C(C)(C)C1)C(=O)OC1CC(C)(C)N(C)C(C)(C)C1)OCC.Cc1cc(CC(C)(C(=O)OC2CC(C)(C)N(C)C(C)(C)C2)C(=O)OC2CC(C)(C)N(C)C(C)(C)C2)cc(C(C)(C)C)c1O. The van der Waals surface area contributed by atoms with Gasteiger partial charge in [0.1, 0.15) is 53.9 Å². The first-order valence-corrected chi connectivity index (χ1v) is 53.4. The Morgan fingerprint density at radius 1 is 0.350 bits per heavy atom. The number of phenolic OH excluding ortho intramolecular Hbond substituents is 3. The number of carbonyl (C=O) groups excluding carboxylic acids is 6. The average molecular weight is 1980 g/mol. The maximum absolute atomic E-state index is 15.3. The van der Waals surface area contributed by atoms with E-state index in [-0.39, 0.29) is 158 Å². The van der Waals surface area contributed by atoms with Gasteiger partial charge in [-0.15, -0.1) is 6.58 Å². The van der Waals surface area contributed by atoms with Crippen LogP contribution >= 0.6 is 7.60 Å². The van der Waals surface area contributed by atoms with Gasteiger partial charge in [-0.3, -0.25) is 52.9 Å². The van der Waals surface area contributed by atoms with Crippen LogP contribution in [0.2, 0.25) is 0 Å². The van der Waals surface area contributed by atoms with Crippen molar-refractivity contribution in [2.24, 2.45) is 16.2 Å². The highest BCUT2D eigenvalue weighted by atomic mass is 31.2. The molecule has 0 saturated carbocycles. The second kappa shape index (κ2) is 42.0. The first-order valence-electron chi connectivity index (χ1n) is 51.7. The quantitative estimate of drug-likeness (QED) is 0.0164. The van der Waals surface area contributed by atoms with Crippen molar-refractivity contribution in [2.75, 3.05) is 47.6 Å². The Kier molecular flexibility index (Phi) is 36.2. The molecule has 0 spiro atoms. The fourth-order valence-corrected chi connectivity index (χ4v) is 26.1. The van der Waals surface area contributed by atoms with Crippen molar-refractivity contribution < 1.29 is 86.1 Å². The van der Waals surface area contributed by atoms with Crippen molar-refractivity contribution in [1.82, 2.24) is 30.2 Å². The molecule has 6 heterocycles. The predicted octanol–water partition coefficient (Wildman–Crippen LogP) is 22.9. The Hall–Kier alpha value is -6.47. The van der Waals surface area contributed by atoms with Crippen LogP contribution in [0.3, 0.4) is 0 Å². The summed E-state index contributed by atoms with van der Waals surface area (Å²) in [5, 5.41) is 40.6. The summed E-state index contributed by atoms with van der Waals surface area (Å²) < 4.78 is 64.6. The maximum Gasteiger partial charge on any atom is 0.332 e. The van der Waals surface area contributed by atoms with Crippen LogP contribution in [0.4, 0.5) is 0 Å². The second-order valence-corrected chi connectivity index (χ2v) is 57.0. The summed E-state index contributed by atoms with van der Waals surface area (Å²) in [6, 6.07) is 11.3. The number of ether oxygens (including phenoxy) is 6. The maximum atomic E-state index is 15.3. The lowest BCUT2D eigenvalue weighted by Crippen LogP contribution is -2.61. The fraction of sp³-hybridized carbons (Fsp3) is 0.774. The average Bonchev–Trinajstić information content (AvgIpc) is 0.735. The van der Waals surface area contributed by atoms with Crippen LogP contribution in [-0.2, 0) is 112 Å². The number of phenols is 3. The van der Waals surface area contributed by atoms with Gasteiger partial charge in [-0.1, -0.05) is 126 Å². The molecule has 0 aromatic heterocycles. The number of hydrogen-bond donors (Lipinski definition) is 5. The molecule has 3 aromatic rings. The zero-order valence-corrected chi connectivity index (χ0v) is 96.7. The number of esters is 6. The van der Waals surface area contributed by atoms with Crippen molar-refractivity contribution >= 4 is 43.4 Å². The molecule has 24 nitrogen and oxygen atoms in total. The topological polar surface area (TPSA) is 291 Å². The molecular weight excluding hydrogens is 1780 g/mol. The van der Waals surface area contributed by atoms with E-state index in [4.69, 9.17) is 37.5 Å².